The molecule has 0 aromatic heterocycles. The monoisotopic (exact) mass is 239 g/mol. The van der Waals surface area contributed by atoms with E-state index in [0.717, 1.165) is 18.7 Å². The third-order valence-electron chi connectivity index (χ3n) is 2.64. The lowest BCUT2D eigenvalue weighted by Crippen LogP contribution is -2.22. The van der Waals surface area contributed by atoms with Crippen molar-refractivity contribution in [1.29, 1.82) is 0 Å². The zero-order valence-electron chi connectivity index (χ0n) is 10.8. The average molecular weight is 239 g/mol. The minimum Gasteiger partial charge on any atom is -0.492 e. The van der Waals surface area contributed by atoms with Gasteiger partial charge in [0.25, 0.3) is 0 Å². The van der Waals surface area contributed by atoms with Crippen LogP contribution in [0.5, 0.6) is 5.75 Å². The molecule has 0 fully saturated rings. The Morgan fingerprint density at radius 1 is 1.24 bits per heavy atom. The third kappa shape index (κ3) is 5.68. The van der Waals surface area contributed by atoms with E-state index in [0.29, 0.717) is 12.4 Å². The van der Waals surface area contributed by atoms with Crippen molar-refractivity contribution in [3.05, 3.63) is 29.6 Å². The topological polar surface area (TPSA) is 21.3 Å². The normalized spacial score (nSPS) is 10.5. The van der Waals surface area contributed by atoms with Crippen LogP contribution in [0.2, 0.25) is 0 Å². The highest BCUT2D eigenvalue weighted by Crippen LogP contribution is 2.18. The molecule has 0 aliphatic carbocycles. The van der Waals surface area contributed by atoms with Crippen molar-refractivity contribution in [3.63, 3.8) is 0 Å². The fourth-order valence-corrected chi connectivity index (χ4v) is 1.59. The van der Waals surface area contributed by atoms with Gasteiger partial charge in [-0.15, -0.1) is 0 Å². The number of aryl methyl sites for hydroxylation is 1. The SMILES string of the molecule is CCCCCNCCOc1cc(F)ccc1C. The molecule has 2 nitrogen and oxygen atoms in total. The van der Waals surface area contributed by atoms with Crippen molar-refractivity contribution in [3.8, 4) is 5.75 Å². The summed E-state index contributed by atoms with van der Waals surface area (Å²) in [6.45, 7) is 6.52. The molecule has 0 aliphatic heterocycles. The summed E-state index contributed by atoms with van der Waals surface area (Å²) in [5.41, 5.74) is 0.970. The van der Waals surface area contributed by atoms with Gasteiger partial charge in [-0.3, -0.25) is 0 Å². The summed E-state index contributed by atoms with van der Waals surface area (Å²) in [5, 5.41) is 3.31. The van der Waals surface area contributed by atoms with E-state index in [1.165, 1.54) is 31.4 Å². The van der Waals surface area contributed by atoms with Crippen LogP contribution in [0.25, 0.3) is 0 Å². The molecule has 1 rings (SSSR count). The van der Waals surface area contributed by atoms with Crippen molar-refractivity contribution in [2.24, 2.45) is 0 Å². The van der Waals surface area contributed by atoms with Crippen LogP contribution >= 0.6 is 0 Å². The lowest BCUT2D eigenvalue weighted by atomic mass is 10.2. The Bertz CT molecular complexity index is 328. The van der Waals surface area contributed by atoms with Gasteiger partial charge in [0, 0.05) is 12.6 Å². The number of unbranched alkanes of at least 4 members (excludes halogenated alkanes) is 2. The van der Waals surface area contributed by atoms with Gasteiger partial charge < -0.3 is 10.1 Å². The highest BCUT2D eigenvalue weighted by atomic mass is 19.1. The Hall–Kier alpha value is -1.09. The van der Waals surface area contributed by atoms with Crippen LogP contribution in [0, 0.1) is 12.7 Å². The first kappa shape index (κ1) is 14.0. The Labute approximate surface area is 103 Å². The molecule has 0 amide bonds. The molecule has 1 N–H and O–H groups in total. The quantitative estimate of drug-likeness (QED) is 0.703. The molecule has 1 aromatic rings. The van der Waals surface area contributed by atoms with Crippen LogP contribution in [0.3, 0.4) is 0 Å². The van der Waals surface area contributed by atoms with Crippen LogP contribution in [0.4, 0.5) is 4.39 Å². The highest BCUT2D eigenvalue weighted by Gasteiger charge is 2.00. The molecule has 17 heavy (non-hydrogen) atoms. The minimum absolute atomic E-state index is 0.249. The highest BCUT2D eigenvalue weighted by molar-refractivity contribution is 5.32. The Morgan fingerprint density at radius 2 is 2.06 bits per heavy atom. The number of rotatable bonds is 8. The lowest BCUT2D eigenvalue weighted by Gasteiger charge is -2.09. The fourth-order valence-electron chi connectivity index (χ4n) is 1.59. The van der Waals surface area contributed by atoms with E-state index in [9.17, 15) is 4.39 Å². The van der Waals surface area contributed by atoms with E-state index < -0.39 is 0 Å². The predicted octanol–water partition coefficient (Wildman–Crippen LogP) is 3.29. The number of hydrogen-bond acceptors (Lipinski definition) is 2. The first-order valence-corrected chi connectivity index (χ1v) is 6.33. The number of benzene rings is 1. The lowest BCUT2D eigenvalue weighted by molar-refractivity contribution is 0.310. The largest absolute Gasteiger partial charge is 0.492 e. The second-order valence-corrected chi connectivity index (χ2v) is 4.22. The van der Waals surface area contributed by atoms with Gasteiger partial charge >= 0.3 is 0 Å². The van der Waals surface area contributed by atoms with Gasteiger partial charge in [0.2, 0.25) is 0 Å². The summed E-state index contributed by atoms with van der Waals surface area (Å²) in [7, 11) is 0. The molecule has 0 atom stereocenters. The van der Waals surface area contributed by atoms with Gasteiger partial charge in [0.05, 0.1) is 0 Å². The summed E-state index contributed by atoms with van der Waals surface area (Å²) in [6.07, 6.45) is 3.70. The molecule has 0 saturated carbocycles. The molecule has 96 valence electrons. The predicted molar refractivity (Wildman–Crippen MR) is 69.0 cm³/mol. The van der Waals surface area contributed by atoms with Crippen LogP contribution < -0.4 is 10.1 Å². The molecule has 0 aliphatic rings. The number of nitrogens with one attached hydrogen (secondary N) is 1. The van der Waals surface area contributed by atoms with Crippen LogP contribution in [-0.4, -0.2) is 19.7 Å². The Morgan fingerprint density at radius 3 is 2.82 bits per heavy atom. The fraction of sp³-hybridized carbons (Fsp3) is 0.571. The van der Waals surface area contributed by atoms with E-state index in [1.54, 1.807) is 6.07 Å². The van der Waals surface area contributed by atoms with Crippen LogP contribution in [-0.2, 0) is 0 Å². The molecule has 0 unspecified atom stereocenters. The summed E-state index contributed by atoms with van der Waals surface area (Å²) in [4.78, 5) is 0. The molecule has 0 heterocycles. The van der Waals surface area contributed by atoms with Crippen molar-refractivity contribution < 1.29 is 9.13 Å². The Kier molecular flexibility index (Phi) is 6.63. The first-order chi connectivity index (χ1) is 8.24. The van der Waals surface area contributed by atoms with Crippen molar-refractivity contribution in [1.82, 2.24) is 5.32 Å². The number of halogens is 1. The van der Waals surface area contributed by atoms with Crippen LogP contribution in [0.15, 0.2) is 18.2 Å². The molecular weight excluding hydrogens is 217 g/mol. The minimum atomic E-state index is -0.249. The van der Waals surface area contributed by atoms with Crippen molar-refractivity contribution in [2.75, 3.05) is 19.7 Å². The molecule has 0 spiro atoms. The summed E-state index contributed by atoms with van der Waals surface area (Å²) >= 11 is 0. The van der Waals surface area contributed by atoms with Gasteiger partial charge in [-0.2, -0.15) is 0 Å². The molecule has 1 aromatic carbocycles. The number of ether oxygens (including phenoxy) is 1. The van der Waals surface area contributed by atoms with Crippen LogP contribution in [0.1, 0.15) is 31.7 Å². The maximum absolute atomic E-state index is 13.0. The molecule has 0 saturated heterocycles. The zero-order valence-corrected chi connectivity index (χ0v) is 10.8. The smallest absolute Gasteiger partial charge is 0.126 e. The molecule has 3 heteroatoms. The Balaban J connectivity index is 2.15. The van der Waals surface area contributed by atoms with Gasteiger partial charge in [-0.05, 0) is 31.5 Å². The molecule has 0 radical (unpaired) electrons. The van der Waals surface area contributed by atoms with Crippen molar-refractivity contribution >= 4 is 0 Å². The van der Waals surface area contributed by atoms with Gasteiger partial charge in [-0.1, -0.05) is 25.8 Å². The third-order valence-corrected chi connectivity index (χ3v) is 2.64. The maximum atomic E-state index is 13.0. The second-order valence-electron chi connectivity index (χ2n) is 4.22. The second kappa shape index (κ2) is 8.07. The first-order valence-electron chi connectivity index (χ1n) is 6.33. The summed E-state index contributed by atoms with van der Waals surface area (Å²) < 4.78 is 18.5. The van der Waals surface area contributed by atoms with E-state index >= 15 is 0 Å². The standard InChI is InChI=1S/C14H22FNO/c1-3-4-5-8-16-9-10-17-14-11-13(15)7-6-12(14)2/h6-7,11,16H,3-5,8-10H2,1-2H3. The van der Waals surface area contributed by atoms with Gasteiger partial charge in [0.15, 0.2) is 0 Å². The summed E-state index contributed by atoms with van der Waals surface area (Å²) in [6, 6.07) is 4.62. The van der Waals surface area contributed by atoms with E-state index in [4.69, 9.17) is 4.74 Å². The van der Waals surface area contributed by atoms with E-state index in [1.807, 2.05) is 6.92 Å². The number of hydrogen-bond donors (Lipinski definition) is 1. The molecule has 0 bridgehead atoms. The zero-order chi connectivity index (χ0) is 12.5. The maximum Gasteiger partial charge on any atom is 0.126 e. The van der Waals surface area contributed by atoms with Gasteiger partial charge in [0.1, 0.15) is 18.2 Å². The van der Waals surface area contributed by atoms with Crippen molar-refractivity contribution in [2.45, 2.75) is 33.1 Å². The average Bonchev–Trinajstić information content (AvgIpc) is 2.32. The van der Waals surface area contributed by atoms with E-state index in [2.05, 4.69) is 12.2 Å². The summed E-state index contributed by atoms with van der Waals surface area (Å²) in [5.74, 6) is 0.391. The molecular formula is C14H22FNO. The van der Waals surface area contributed by atoms with Gasteiger partial charge in [-0.25, -0.2) is 4.39 Å². The van der Waals surface area contributed by atoms with E-state index in [-0.39, 0.29) is 5.82 Å².